The highest BCUT2D eigenvalue weighted by molar-refractivity contribution is 5.82. The maximum absolute atomic E-state index is 11.4. The van der Waals surface area contributed by atoms with Crippen LogP contribution in [0.15, 0.2) is 54.6 Å². The SMILES string of the molecule is O=C1CC(C(=O)O)C(c2cccc(OCc3ccccc3)c2)O1. The Morgan fingerprint density at radius 3 is 2.70 bits per heavy atom. The number of benzene rings is 2. The molecule has 2 aromatic rings. The molecule has 0 radical (unpaired) electrons. The number of cyclic esters (lactones) is 1. The minimum Gasteiger partial charge on any atom is -0.489 e. The minimum atomic E-state index is -1.03. The van der Waals surface area contributed by atoms with Gasteiger partial charge in [-0.15, -0.1) is 0 Å². The normalized spacial score (nSPS) is 20.1. The Balaban J connectivity index is 1.74. The first kappa shape index (κ1) is 15.1. The molecule has 0 amide bonds. The molecule has 1 aliphatic rings. The van der Waals surface area contributed by atoms with Gasteiger partial charge in [-0.1, -0.05) is 42.5 Å². The second-order valence-electron chi connectivity index (χ2n) is 5.41. The Morgan fingerprint density at radius 1 is 1.17 bits per heavy atom. The number of carbonyl (C=O) groups is 2. The van der Waals surface area contributed by atoms with E-state index in [1.807, 2.05) is 30.3 Å². The van der Waals surface area contributed by atoms with E-state index in [0.29, 0.717) is 17.9 Å². The van der Waals surface area contributed by atoms with Crippen molar-refractivity contribution < 1.29 is 24.2 Å². The molecule has 0 aromatic heterocycles. The fourth-order valence-corrected chi connectivity index (χ4v) is 2.60. The number of carboxylic acids is 1. The molecule has 0 saturated carbocycles. The Labute approximate surface area is 133 Å². The van der Waals surface area contributed by atoms with Crippen LogP contribution in [0.4, 0.5) is 0 Å². The van der Waals surface area contributed by atoms with E-state index in [0.717, 1.165) is 5.56 Å². The van der Waals surface area contributed by atoms with Crippen LogP contribution in [0, 0.1) is 5.92 Å². The average Bonchev–Trinajstić information content (AvgIpc) is 2.96. The smallest absolute Gasteiger partial charge is 0.311 e. The largest absolute Gasteiger partial charge is 0.489 e. The summed E-state index contributed by atoms with van der Waals surface area (Å²) in [7, 11) is 0. The summed E-state index contributed by atoms with van der Waals surface area (Å²) in [5.74, 6) is -1.76. The zero-order chi connectivity index (χ0) is 16.2. The Hall–Kier alpha value is -2.82. The quantitative estimate of drug-likeness (QED) is 0.859. The molecule has 1 fully saturated rings. The van der Waals surface area contributed by atoms with Gasteiger partial charge in [0.05, 0.1) is 6.42 Å². The molecule has 5 nitrogen and oxygen atoms in total. The molecule has 0 aliphatic carbocycles. The van der Waals surface area contributed by atoms with Gasteiger partial charge in [0.2, 0.25) is 0 Å². The van der Waals surface area contributed by atoms with Gasteiger partial charge >= 0.3 is 11.9 Å². The van der Waals surface area contributed by atoms with Crippen molar-refractivity contribution >= 4 is 11.9 Å². The third kappa shape index (κ3) is 3.51. The predicted molar refractivity (Wildman–Crippen MR) is 81.8 cm³/mol. The van der Waals surface area contributed by atoms with Gasteiger partial charge in [-0.3, -0.25) is 9.59 Å². The van der Waals surface area contributed by atoms with Crippen molar-refractivity contribution in [1.29, 1.82) is 0 Å². The number of esters is 1. The molecule has 2 unspecified atom stereocenters. The van der Waals surface area contributed by atoms with Gasteiger partial charge in [0.1, 0.15) is 24.4 Å². The van der Waals surface area contributed by atoms with Crippen molar-refractivity contribution in [3.8, 4) is 5.75 Å². The number of carbonyl (C=O) groups excluding carboxylic acids is 1. The van der Waals surface area contributed by atoms with Crippen LogP contribution in [0.25, 0.3) is 0 Å². The molecule has 5 heteroatoms. The van der Waals surface area contributed by atoms with Gasteiger partial charge < -0.3 is 14.6 Å². The van der Waals surface area contributed by atoms with Crippen LogP contribution in [-0.4, -0.2) is 17.0 Å². The van der Waals surface area contributed by atoms with Gasteiger partial charge in [0.25, 0.3) is 0 Å². The third-order valence-electron chi connectivity index (χ3n) is 3.76. The van der Waals surface area contributed by atoms with Crippen LogP contribution < -0.4 is 4.74 Å². The van der Waals surface area contributed by atoms with Crippen molar-refractivity contribution in [1.82, 2.24) is 0 Å². The van der Waals surface area contributed by atoms with Gasteiger partial charge in [-0.25, -0.2) is 0 Å². The van der Waals surface area contributed by atoms with Crippen molar-refractivity contribution in [2.24, 2.45) is 5.92 Å². The lowest BCUT2D eigenvalue weighted by Gasteiger charge is -2.15. The Bertz CT molecular complexity index is 710. The highest BCUT2D eigenvalue weighted by Crippen LogP contribution is 2.36. The van der Waals surface area contributed by atoms with Gasteiger partial charge in [-0.05, 0) is 23.3 Å². The predicted octanol–water partition coefficient (Wildman–Crippen LogP) is 2.95. The highest BCUT2D eigenvalue weighted by Gasteiger charge is 2.40. The van der Waals surface area contributed by atoms with Crippen LogP contribution >= 0.6 is 0 Å². The van der Waals surface area contributed by atoms with Crippen LogP contribution in [0.5, 0.6) is 5.75 Å². The fourth-order valence-electron chi connectivity index (χ4n) is 2.60. The van der Waals surface area contributed by atoms with E-state index in [9.17, 15) is 14.7 Å². The summed E-state index contributed by atoms with van der Waals surface area (Å²) in [5, 5.41) is 9.22. The first-order valence-electron chi connectivity index (χ1n) is 7.32. The number of hydrogen-bond acceptors (Lipinski definition) is 4. The van der Waals surface area contributed by atoms with Crippen LogP contribution in [0.2, 0.25) is 0 Å². The fraction of sp³-hybridized carbons (Fsp3) is 0.222. The first-order valence-corrected chi connectivity index (χ1v) is 7.32. The summed E-state index contributed by atoms with van der Waals surface area (Å²) in [4.78, 5) is 22.7. The summed E-state index contributed by atoms with van der Waals surface area (Å²) in [5.41, 5.74) is 1.67. The van der Waals surface area contributed by atoms with E-state index in [2.05, 4.69) is 0 Å². The lowest BCUT2D eigenvalue weighted by atomic mass is 9.95. The van der Waals surface area contributed by atoms with Crippen LogP contribution in [0.3, 0.4) is 0 Å². The van der Waals surface area contributed by atoms with E-state index in [-0.39, 0.29) is 6.42 Å². The minimum absolute atomic E-state index is 0.102. The summed E-state index contributed by atoms with van der Waals surface area (Å²) in [6, 6.07) is 16.8. The maximum atomic E-state index is 11.4. The molecule has 2 atom stereocenters. The maximum Gasteiger partial charge on any atom is 0.311 e. The molecule has 1 aliphatic heterocycles. The van der Waals surface area contributed by atoms with Crippen molar-refractivity contribution in [2.75, 3.05) is 0 Å². The zero-order valence-corrected chi connectivity index (χ0v) is 12.3. The molecular formula is C18H16O5. The summed E-state index contributed by atoms with van der Waals surface area (Å²) >= 11 is 0. The number of ether oxygens (including phenoxy) is 2. The van der Waals surface area contributed by atoms with E-state index < -0.39 is 24.0 Å². The average molecular weight is 312 g/mol. The standard InChI is InChI=1S/C18H16O5/c19-16-10-15(18(20)21)17(23-16)13-7-4-8-14(9-13)22-11-12-5-2-1-3-6-12/h1-9,15,17H,10-11H2,(H,20,21). The molecule has 1 N–H and O–H groups in total. The second-order valence-corrected chi connectivity index (χ2v) is 5.41. The molecule has 23 heavy (non-hydrogen) atoms. The van der Waals surface area contributed by atoms with E-state index in [4.69, 9.17) is 9.47 Å². The lowest BCUT2D eigenvalue weighted by Crippen LogP contribution is -2.17. The zero-order valence-electron chi connectivity index (χ0n) is 12.3. The molecule has 3 rings (SSSR count). The monoisotopic (exact) mass is 312 g/mol. The highest BCUT2D eigenvalue weighted by atomic mass is 16.6. The van der Waals surface area contributed by atoms with Gasteiger partial charge in [0.15, 0.2) is 0 Å². The lowest BCUT2D eigenvalue weighted by molar-refractivity contribution is -0.144. The summed E-state index contributed by atoms with van der Waals surface area (Å²) in [6.45, 7) is 0.414. The van der Waals surface area contributed by atoms with Crippen LogP contribution in [-0.2, 0) is 20.9 Å². The number of hydrogen-bond donors (Lipinski definition) is 1. The topological polar surface area (TPSA) is 72.8 Å². The molecule has 0 spiro atoms. The third-order valence-corrected chi connectivity index (χ3v) is 3.76. The van der Waals surface area contributed by atoms with Gasteiger partial charge in [0, 0.05) is 0 Å². The van der Waals surface area contributed by atoms with Crippen molar-refractivity contribution in [3.63, 3.8) is 0 Å². The molecule has 118 valence electrons. The number of aliphatic carboxylic acids is 1. The molecule has 2 aromatic carbocycles. The summed E-state index contributed by atoms with van der Waals surface area (Å²) < 4.78 is 10.9. The number of rotatable bonds is 5. The first-order chi connectivity index (χ1) is 11.1. The van der Waals surface area contributed by atoms with Crippen LogP contribution in [0.1, 0.15) is 23.7 Å². The molecule has 1 heterocycles. The van der Waals surface area contributed by atoms with E-state index >= 15 is 0 Å². The number of carboxylic acid groups (broad SMARTS) is 1. The molecular weight excluding hydrogens is 296 g/mol. The van der Waals surface area contributed by atoms with Crippen molar-refractivity contribution in [3.05, 3.63) is 65.7 Å². The van der Waals surface area contributed by atoms with E-state index in [1.165, 1.54) is 0 Å². The molecule has 1 saturated heterocycles. The van der Waals surface area contributed by atoms with E-state index in [1.54, 1.807) is 24.3 Å². The summed E-state index contributed by atoms with van der Waals surface area (Å²) in [6.07, 6.45) is -0.866. The second kappa shape index (κ2) is 6.52. The van der Waals surface area contributed by atoms with Crippen molar-refractivity contribution in [2.45, 2.75) is 19.1 Å². The Morgan fingerprint density at radius 2 is 1.96 bits per heavy atom. The van der Waals surface area contributed by atoms with Gasteiger partial charge in [-0.2, -0.15) is 0 Å². The molecule has 0 bridgehead atoms. The Kier molecular flexibility index (Phi) is 4.28.